The Morgan fingerprint density at radius 3 is 2.51 bits per heavy atom. The van der Waals surface area contributed by atoms with Gasteiger partial charge in [0.15, 0.2) is 5.69 Å². The van der Waals surface area contributed by atoms with Gasteiger partial charge in [-0.05, 0) is 25.0 Å². The molecule has 0 saturated heterocycles. The van der Waals surface area contributed by atoms with Gasteiger partial charge in [-0.2, -0.15) is 31.7 Å². The van der Waals surface area contributed by atoms with Crippen molar-refractivity contribution in [3.63, 3.8) is 0 Å². The molecular formula is C20H15F8N5O2. The van der Waals surface area contributed by atoms with Crippen molar-refractivity contribution in [3.8, 4) is 11.5 Å². The van der Waals surface area contributed by atoms with E-state index in [1.165, 1.54) is 6.07 Å². The number of alkyl halides is 8. The third kappa shape index (κ3) is 4.98. The first-order chi connectivity index (χ1) is 16.1. The van der Waals surface area contributed by atoms with Crippen LogP contribution >= 0.6 is 0 Å². The fourth-order valence-corrected chi connectivity index (χ4v) is 3.60. The summed E-state index contributed by atoms with van der Waals surface area (Å²) >= 11 is 0. The van der Waals surface area contributed by atoms with Crippen LogP contribution in [0.1, 0.15) is 59.0 Å². The summed E-state index contributed by atoms with van der Waals surface area (Å²) in [5.41, 5.74) is -3.55. The zero-order chi connectivity index (χ0) is 25.8. The number of oxazole rings is 1. The van der Waals surface area contributed by atoms with Gasteiger partial charge in [-0.3, -0.25) is 9.78 Å². The van der Waals surface area contributed by atoms with E-state index in [1.54, 1.807) is 0 Å². The number of carbonyl (C=O) groups excluding carboxylic acids is 1. The highest BCUT2D eigenvalue weighted by Gasteiger charge is 2.43. The van der Waals surface area contributed by atoms with E-state index in [9.17, 15) is 39.9 Å². The fraction of sp³-hybridized carbons (Fsp3) is 0.400. The van der Waals surface area contributed by atoms with E-state index < -0.39 is 52.0 Å². The minimum absolute atomic E-state index is 0.0421. The van der Waals surface area contributed by atoms with E-state index >= 15 is 0 Å². The Labute approximate surface area is 191 Å². The molecule has 7 nitrogen and oxygen atoms in total. The van der Waals surface area contributed by atoms with Gasteiger partial charge in [-0.25, -0.2) is 4.98 Å². The maximum atomic E-state index is 13.6. The topological polar surface area (TPSA) is 85.8 Å². The first kappa shape index (κ1) is 24.6. The highest BCUT2D eigenvalue weighted by Crippen LogP contribution is 2.36. The maximum absolute atomic E-state index is 13.6. The van der Waals surface area contributed by atoms with Crippen LogP contribution in [0.4, 0.5) is 35.1 Å². The standard InChI is InChI=1S/C20H15F8N5O2/c1-18(21,22)13-7-9(5-6-29-13)17-31-14-11(3-2-4-12(14)35-17)30-16(34)10-8-33(20(26,27)28)32-15(10)19(23,24)25/h5-8,11H,2-4H2,1H3,(H,30,34)/t11-/m1/s1. The second-order valence-corrected chi connectivity index (χ2v) is 7.87. The molecule has 3 aromatic rings. The van der Waals surface area contributed by atoms with Crippen molar-refractivity contribution in [2.75, 3.05) is 0 Å². The molecule has 1 amide bonds. The molecular weight excluding hydrogens is 494 g/mol. The highest BCUT2D eigenvalue weighted by molar-refractivity contribution is 5.95. The molecule has 0 bridgehead atoms. The number of carbonyl (C=O) groups is 1. The third-order valence-electron chi connectivity index (χ3n) is 5.20. The minimum atomic E-state index is -5.32. The van der Waals surface area contributed by atoms with Gasteiger partial charge in [0.1, 0.15) is 17.1 Å². The fourth-order valence-electron chi connectivity index (χ4n) is 3.60. The number of pyridine rings is 1. The maximum Gasteiger partial charge on any atom is 0.504 e. The van der Waals surface area contributed by atoms with Crippen LogP contribution in [0.15, 0.2) is 28.9 Å². The lowest BCUT2D eigenvalue weighted by atomic mass is 9.96. The number of halogens is 8. The van der Waals surface area contributed by atoms with E-state index in [2.05, 4.69) is 20.4 Å². The van der Waals surface area contributed by atoms with Crippen molar-refractivity contribution < 1.29 is 44.3 Å². The van der Waals surface area contributed by atoms with Gasteiger partial charge in [-0.1, -0.05) is 0 Å². The number of fused-ring (bicyclic) bond motifs is 1. The smallest absolute Gasteiger partial charge is 0.441 e. The molecule has 0 aromatic carbocycles. The van der Waals surface area contributed by atoms with Crippen molar-refractivity contribution in [2.24, 2.45) is 0 Å². The summed E-state index contributed by atoms with van der Waals surface area (Å²) in [5, 5.41) is 4.74. The van der Waals surface area contributed by atoms with E-state index in [4.69, 9.17) is 4.42 Å². The second-order valence-electron chi connectivity index (χ2n) is 7.87. The van der Waals surface area contributed by atoms with E-state index in [1.807, 2.05) is 0 Å². The first-order valence-electron chi connectivity index (χ1n) is 10.0. The summed E-state index contributed by atoms with van der Waals surface area (Å²) in [5.74, 6) is -4.49. The van der Waals surface area contributed by atoms with Crippen LogP contribution in [-0.4, -0.2) is 25.7 Å². The van der Waals surface area contributed by atoms with Crippen LogP contribution < -0.4 is 5.32 Å². The molecule has 0 aliphatic heterocycles. The Morgan fingerprint density at radius 1 is 1.17 bits per heavy atom. The van der Waals surface area contributed by atoms with Gasteiger partial charge in [-0.15, -0.1) is 13.2 Å². The van der Waals surface area contributed by atoms with Gasteiger partial charge in [0.25, 0.3) is 11.8 Å². The zero-order valence-corrected chi connectivity index (χ0v) is 17.6. The zero-order valence-electron chi connectivity index (χ0n) is 17.6. The number of hydrogen-bond acceptors (Lipinski definition) is 5. The Bertz CT molecular complexity index is 1260. The van der Waals surface area contributed by atoms with Crippen molar-refractivity contribution in [1.82, 2.24) is 25.1 Å². The van der Waals surface area contributed by atoms with E-state index in [-0.39, 0.29) is 35.5 Å². The molecule has 15 heteroatoms. The van der Waals surface area contributed by atoms with Crippen LogP contribution in [0.2, 0.25) is 0 Å². The predicted octanol–water partition coefficient (Wildman–Crippen LogP) is 5.35. The Morgan fingerprint density at radius 2 is 1.89 bits per heavy atom. The molecule has 1 N–H and O–H groups in total. The number of amides is 1. The average molecular weight is 509 g/mol. The van der Waals surface area contributed by atoms with Crippen LogP contribution in [0.3, 0.4) is 0 Å². The molecule has 188 valence electrons. The molecule has 0 saturated carbocycles. The molecule has 35 heavy (non-hydrogen) atoms. The van der Waals surface area contributed by atoms with Gasteiger partial charge in [0.05, 0.1) is 11.6 Å². The monoisotopic (exact) mass is 509 g/mol. The van der Waals surface area contributed by atoms with Gasteiger partial charge in [0.2, 0.25) is 5.89 Å². The molecule has 3 heterocycles. The SMILES string of the molecule is CC(F)(F)c1cc(-c2nc3c(o2)CCC[C@H]3NC(=O)c2cn(C(F)(F)F)nc2C(F)(F)F)ccn1. The largest absolute Gasteiger partial charge is 0.504 e. The van der Waals surface area contributed by atoms with Crippen LogP contribution in [0.5, 0.6) is 0 Å². The third-order valence-corrected chi connectivity index (χ3v) is 5.20. The molecule has 4 rings (SSSR count). The summed E-state index contributed by atoms with van der Waals surface area (Å²) in [6.07, 6.45) is -8.54. The Balaban J connectivity index is 1.64. The van der Waals surface area contributed by atoms with Crippen LogP contribution in [-0.2, 0) is 24.8 Å². The van der Waals surface area contributed by atoms with Crippen molar-refractivity contribution >= 4 is 5.91 Å². The summed E-state index contributed by atoms with van der Waals surface area (Å²) < 4.78 is 110. The lowest BCUT2D eigenvalue weighted by Crippen LogP contribution is -2.32. The number of hydrogen-bond donors (Lipinski definition) is 1. The van der Waals surface area contributed by atoms with Gasteiger partial charge < -0.3 is 9.73 Å². The minimum Gasteiger partial charge on any atom is -0.441 e. The molecule has 1 atom stereocenters. The van der Waals surface area contributed by atoms with E-state index in [0.717, 1.165) is 12.3 Å². The summed E-state index contributed by atoms with van der Waals surface area (Å²) in [7, 11) is 0. The van der Waals surface area contributed by atoms with Crippen LogP contribution in [0, 0.1) is 0 Å². The molecule has 0 spiro atoms. The number of nitrogens with zero attached hydrogens (tertiary/aromatic N) is 4. The normalized spacial score (nSPS) is 16.8. The predicted molar refractivity (Wildman–Crippen MR) is 101 cm³/mol. The highest BCUT2D eigenvalue weighted by atomic mass is 19.4. The van der Waals surface area contributed by atoms with Crippen molar-refractivity contribution in [3.05, 3.63) is 52.9 Å². The lowest BCUT2D eigenvalue weighted by molar-refractivity contribution is -0.214. The van der Waals surface area contributed by atoms with Crippen LogP contribution in [0.25, 0.3) is 11.5 Å². The number of rotatable bonds is 4. The second kappa shape index (κ2) is 8.30. The van der Waals surface area contributed by atoms with Gasteiger partial charge >= 0.3 is 12.5 Å². The molecule has 3 aromatic heterocycles. The number of aryl methyl sites for hydroxylation is 1. The molecule has 1 aliphatic rings. The van der Waals surface area contributed by atoms with E-state index in [0.29, 0.717) is 19.8 Å². The summed E-state index contributed by atoms with van der Waals surface area (Å²) in [6.45, 7) is 0.654. The first-order valence-corrected chi connectivity index (χ1v) is 10.0. The summed E-state index contributed by atoms with van der Waals surface area (Å²) in [6, 6.07) is 1.43. The average Bonchev–Trinajstić information content (AvgIpc) is 3.38. The quantitative estimate of drug-likeness (QED) is 0.480. The Kier molecular flexibility index (Phi) is 5.84. The van der Waals surface area contributed by atoms with Gasteiger partial charge in [0, 0.05) is 31.3 Å². The molecule has 1 aliphatic carbocycles. The Hall–Kier alpha value is -3.52. The molecule has 0 fully saturated rings. The summed E-state index contributed by atoms with van der Waals surface area (Å²) in [4.78, 5) is 20.4. The van der Waals surface area contributed by atoms with Crippen molar-refractivity contribution in [2.45, 2.75) is 50.6 Å². The lowest BCUT2D eigenvalue weighted by Gasteiger charge is -2.21. The van der Waals surface area contributed by atoms with Crippen molar-refractivity contribution in [1.29, 1.82) is 0 Å². The number of aromatic nitrogens is 4. The number of nitrogens with one attached hydrogen (secondary N) is 1. The molecule has 0 radical (unpaired) electrons. The molecule has 0 unspecified atom stereocenters.